The molecule has 0 radical (unpaired) electrons. The fourth-order valence-corrected chi connectivity index (χ4v) is 5.38. The summed E-state index contributed by atoms with van der Waals surface area (Å²) in [6.45, 7) is 7.87. The van der Waals surface area contributed by atoms with Gasteiger partial charge in [0.1, 0.15) is 18.1 Å². The number of carbonyl (C=O) groups excluding carboxylic acids is 2. The van der Waals surface area contributed by atoms with Crippen LogP contribution in [0, 0.1) is 6.92 Å². The molecule has 9 nitrogen and oxygen atoms in total. The molecule has 3 aromatic rings. The number of nitrogens with zero attached hydrogens (tertiary/aromatic N) is 2. The molecule has 2 saturated heterocycles. The van der Waals surface area contributed by atoms with Gasteiger partial charge in [-0.15, -0.1) is 0 Å². The smallest absolute Gasteiger partial charge is 0.295 e. The van der Waals surface area contributed by atoms with E-state index >= 15 is 0 Å². The summed E-state index contributed by atoms with van der Waals surface area (Å²) in [5, 5.41) is 21.9. The van der Waals surface area contributed by atoms with E-state index < -0.39 is 17.7 Å². The van der Waals surface area contributed by atoms with Gasteiger partial charge in [-0.2, -0.15) is 0 Å². The van der Waals surface area contributed by atoms with Crippen LogP contribution in [-0.2, 0) is 20.9 Å². The first-order valence-electron chi connectivity index (χ1n) is 14.2. The maximum atomic E-state index is 13.5. The Hall–Kier alpha value is -4.34. The van der Waals surface area contributed by atoms with Gasteiger partial charge < -0.3 is 29.3 Å². The van der Waals surface area contributed by atoms with Crippen molar-refractivity contribution >= 4 is 17.4 Å². The van der Waals surface area contributed by atoms with Crippen LogP contribution in [0.15, 0.2) is 72.3 Å². The molecule has 1 unspecified atom stereocenters. The quantitative estimate of drug-likeness (QED) is 0.209. The summed E-state index contributed by atoms with van der Waals surface area (Å²) in [5.74, 6) is -0.881. The van der Waals surface area contributed by atoms with Gasteiger partial charge >= 0.3 is 0 Å². The van der Waals surface area contributed by atoms with Gasteiger partial charge in [0.2, 0.25) is 0 Å². The van der Waals surface area contributed by atoms with Crippen molar-refractivity contribution in [1.29, 1.82) is 0 Å². The number of hydrogen-bond donors (Lipinski definition) is 2. The fourth-order valence-electron chi connectivity index (χ4n) is 5.38. The monoisotopic (exact) mass is 572 g/mol. The van der Waals surface area contributed by atoms with Gasteiger partial charge in [-0.3, -0.25) is 14.5 Å². The van der Waals surface area contributed by atoms with Gasteiger partial charge in [0.05, 0.1) is 31.4 Å². The number of carbonyl (C=O) groups is 2. The zero-order valence-electron chi connectivity index (χ0n) is 23.9. The largest absolute Gasteiger partial charge is 0.507 e. The highest BCUT2D eigenvalue weighted by atomic mass is 16.5. The predicted octanol–water partition coefficient (Wildman–Crippen LogP) is 4.43. The fraction of sp³-hybridized carbons (Fsp3) is 0.333. The van der Waals surface area contributed by atoms with Crippen LogP contribution >= 0.6 is 0 Å². The van der Waals surface area contributed by atoms with Crippen molar-refractivity contribution in [2.24, 2.45) is 0 Å². The van der Waals surface area contributed by atoms with Crippen molar-refractivity contribution in [1.82, 2.24) is 9.80 Å². The van der Waals surface area contributed by atoms with Crippen molar-refractivity contribution in [2.75, 3.05) is 46.0 Å². The average Bonchev–Trinajstić information content (AvgIpc) is 3.26. The summed E-state index contributed by atoms with van der Waals surface area (Å²) >= 11 is 0. The maximum absolute atomic E-state index is 13.5. The molecule has 0 aliphatic carbocycles. The number of aryl methyl sites for hydroxylation is 1. The van der Waals surface area contributed by atoms with E-state index in [1.165, 1.54) is 11.0 Å². The summed E-state index contributed by atoms with van der Waals surface area (Å²) in [7, 11) is 0. The van der Waals surface area contributed by atoms with E-state index in [1.54, 1.807) is 37.3 Å². The molecule has 2 fully saturated rings. The summed E-state index contributed by atoms with van der Waals surface area (Å²) in [6.07, 6.45) is 0. The van der Waals surface area contributed by atoms with Crippen LogP contribution in [0.5, 0.6) is 17.2 Å². The van der Waals surface area contributed by atoms with Crippen LogP contribution < -0.4 is 9.47 Å². The molecule has 42 heavy (non-hydrogen) atoms. The highest BCUT2D eigenvalue weighted by Crippen LogP contribution is 2.42. The highest BCUT2D eigenvalue weighted by molar-refractivity contribution is 6.46. The molecule has 2 heterocycles. The number of ketones is 1. The molecule has 2 aliphatic heterocycles. The molecule has 2 N–H and O–H groups in total. The molecule has 0 bridgehead atoms. The number of benzene rings is 3. The van der Waals surface area contributed by atoms with Crippen molar-refractivity contribution in [3.05, 3.63) is 94.6 Å². The lowest BCUT2D eigenvalue weighted by Gasteiger charge is -2.31. The van der Waals surface area contributed by atoms with Crippen LogP contribution in [0.3, 0.4) is 0 Å². The van der Waals surface area contributed by atoms with Crippen molar-refractivity contribution in [3.63, 3.8) is 0 Å². The molecule has 220 valence electrons. The van der Waals surface area contributed by atoms with Crippen LogP contribution in [-0.4, -0.2) is 77.7 Å². The second-order valence-corrected chi connectivity index (χ2v) is 10.4. The lowest BCUT2D eigenvalue weighted by Crippen LogP contribution is -2.42. The zero-order valence-corrected chi connectivity index (χ0v) is 23.9. The van der Waals surface area contributed by atoms with E-state index in [0.29, 0.717) is 55.4 Å². The molecular weight excluding hydrogens is 536 g/mol. The van der Waals surface area contributed by atoms with E-state index in [2.05, 4.69) is 4.90 Å². The van der Waals surface area contributed by atoms with E-state index in [9.17, 15) is 19.8 Å². The number of aliphatic hydroxyl groups is 1. The first kappa shape index (κ1) is 29.2. The Morgan fingerprint density at radius 2 is 1.74 bits per heavy atom. The predicted molar refractivity (Wildman–Crippen MR) is 157 cm³/mol. The molecule has 5 rings (SSSR count). The molecule has 1 amide bonds. The first-order chi connectivity index (χ1) is 20.4. The zero-order chi connectivity index (χ0) is 29.6. The summed E-state index contributed by atoms with van der Waals surface area (Å²) < 4.78 is 17.0. The van der Waals surface area contributed by atoms with Gasteiger partial charge in [-0.1, -0.05) is 36.4 Å². The Morgan fingerprint density at radius 1 is 0.976 bits per heavy atom. The third-order valence-corrected chi connectivity index (χ3v) is 7.60. The van der Waals surface area contributed by atoms with Crippen LogP contribution in [0.4, 0.5) is 0 Å². The lowest BCUT2D eigenvalue weighted by molar-refractivity contribution is -0.140. The first-order valence-corrected chi connectivity index (χ1v) is 14.2. The number of amides is 1. The molecular formula is C33H36N2O7. The lowest BCUT2D eigenvalue weighted by atomic mass is 9.93. The number of morpholine rings is 1. The average molecular weight is 573 g/mol. The number of ether oxygens (including phenoxy) is 3. The Labute approximate surface area is 245 Å². The minimum atomic E-state index is -0.862. The van der Waals surface area contributed by atoms with Gasteiger partial charge in [-0.25, -0.2) is 0 Å². The SMILES string of the molecule is CCOc1cc(C2C(=C(O)c3ccc(OCc4ccccc4)cc3C)C(=O)C(=O)N2CCN2CCOCC2)ccc1O. The van der Waals surface area contributed by atoms with Gasteiger partial charge in [0.15, 0.2) is 11.5 Å². The highest BCUT2D eigenvalue weighted by Gasteiger charge is 2.46. The minimum absolute atomic E-state index is 0.00355. The Balaban J connectivity index is 1.49. The number of hydrogen-bond acceptors (Lipinski definition) is 8. The number of aliphatic hydroxyl groups excluding tert-OH is 1. The van der Waals surface area contributed by atoms with Crippen molar-refractivity contribution in [3.8, 4) is 17.2 Å². The second kappa shape index (κ2) is 13.1. The Morgan fingerprint density at radius 3 is 2.45 bits per heavy atom. The van der Waals surface area contributed by atoms with Crippen molar-refractivity contribution in [2.45, 2.75) is 26.5 Å². The van der Waals surface area contributed by atoms with Crippen LogP contribution in [0.1, 0.15) is 35.2 Å². The number of aromatic hydroxyl groups is 1. The van der Waals surface area contributed by atoms with E-state index in [1.807, 2.05) is 37.3 Å². The van der Waals surface area contributed by atoms with Crippen LogP contribution in [0.25, 0.3) is 5.76 Å². The van der Waals surface area contributed by atoms with E-state index in [0.717, 1.165) is 18.7 Å². The number of Topliss-reactive ketones (excluding diaryl/α,β-unsaturated/α-hetero) is 1. The third kappa shape index (κ3) is 6.27. The molecule has 0 saturated carbocycles. The van der Waals surface area contributed by atoms with Gasteiger partial charge in [0, 0.05) is 31.7 Å². The molecule has 0 spiro atoms. The summed E-state index contributed by atoms with van der Waals surface area (Å²) in [4.78, 5) is 30.6. The second-order valence-electron chi connectivity index (χ2n) is 10.4. The third-order valence-electron chi connectivity index (χ3n) is 7.60. The van der Waals surface area contributed by atoms with Gasteiger partial charge in [-0.05, 0) is 60.9 Å². The Kier molecular flexibility index (Phi) is 9.09. The summed E-state index contributed by atoms with van der Waals surface area (Å²) in [6, 6.07) is 18.9. The molecule has 9 heteroatoms. The normalized spacial score (nSPS) is 18.8. The molecule has 2 aliphatic rings. The van der Waals surface area contributed by atoms with E-state index in [-0.39, 0.29) is 29.4 Å². The number of phenols is 1. The standard InChI is InChI=1S/C33H36N2O7/c1-3-41-28-20-24(9-12-27(28)36)30-29(32(38)33(39)35(30)14-13-34-15-17-40-18-16-34)31(37)26-11-10-25(19-22(26)2)42-21-23-7-5-4-6-8-23/h4-12,19-20,30,36-37H,3,13-18,21H2,1-2H3. The number of likely N-dealkylation sites (tertiary alicyclic amines) is 1. The number of phenolic OH excluding ortho intramolecular Hbond substituents is 1. The van der Waals surface area contributed by atoms with Crippen molar-refractivity contribution < 1.29 is 34.0 Å². The van der Waals surface area contributed by atoms with Gasteiger partial charge in [0.25, 0.3) is 11.7 Å². The minimum Gasteiger partial charge on any atom is -0.507 e. The maximum Gasteiger partial charge on any atom is 0.295 e. The topological polar surface area (TPSA) is 109 Å². The molecule has 0 aromatic heterocycles. The molecule has 3 aromatic carbocycles. The molecule has 1 atom stereocenters. The number of rotatable bonds is 10. The van der Waals surface area contributed by atoms with Crippen LogP contribution in [0.2, 0.25) is 0 Å². The Bertz CT molecular complexity index is 1460. The summed E-state index contributed by atoms with van der Waals surface area (Å²) in [5.41, 5.74) is 2.70. The van der Waals surface area contributed by atoms with E-state index in [4.69, 9.17) is 14.2 Å².